The molecule has 0 bridgehead atoms. The van der Waals surface area contributed by atoms with Crippen LogP contribution >= 0.6 is 0 Å². The zero-order chi connectivity index (χ0) is 8.91. The van der Waals surface area contributed by atoms with E-state index in [4.69, 9.17) is 14.3 Å². The van der Waals surface area contributed by atoms with Gasteiger partial charge in [-0.15, -0.1) is 0 Å². The molecule has 0 amide bonds. The van der Waals surface area contributed by atoms with Crippen LogP contribution < -0.4 is 0 Å². The lowest BCUT2D eigenvalue weighted by atomic mass is 10.6. The fraction of sp³-hybridized carbons (Fsp3) is 1.00. The quantitative estimate of drug-likeness (QED) is 0.466. The Bertz CT molecular complexity index is 100. The van der Waals surface area contributed by atoms with E-state index in [0.29, 0.717) is 0 Å². The zero-order valence-corrected chi connectivity index (χ0v) is 4.67. The first kappa shape index (κ1) is 3.82. The van der Waals surface area contributed by atoms with E-state index in [1.807, 2.05) is 0 Å². The van der Waals surface area contributed by atoms with Gasteiger partial charge >= 0.3 is 0 Å². The second-order valence-electron chi connectivity index (χ2n) is 1.43. The van der Waals surface area contributed by atoms with Crippen LogP contribution in [-0.2, 0) is 0 Å². The summed E-state index contributed by atoms with van der Waals surface area (Å²) in [7, 11) is 0. The Morgan fingerprint density at radius 3 is 2.12 bits per heavy atom. The molecule has 3 heteroatoms. The molecule has 8 heavy (non-hydrogen) atoms. The normalized spacial score (nSPS) is 17.6. The molecule has 0 rings (SSSR count). The van der Waals surface area contributed by atoms with E-state index in [-0.39, 0.29) is 26.3 Å². The highest BCUT2D eigenvalue weighted by molar-refractivity contribution is 4.45. The van der Waals surface area contributed by atoms with Gasteiger partial charge in [-0.05, 0) is 6.98 Å². The number of likely N-dealkylation sites (N-methyl/N-ethyl adjacent to an activating group) is 1. The predicted octanol–water partition coefficient (Wildman–Crippen LogP) is -1.10. The molecule has 0 fully saturated rings. The van der Waals surface area contributed by atoms with Crippen LogP contribution in [0.25, 0.3) is 0 Å². The standard InChI is InChI=1S/C5H13NO2/c1-6(2-4-7)3-5-8/h7-8H,2-5H2,1H3/i1+1D3. The molecule has 0 atom stereocenters. The van der Waals surface area contributed by atoms with Gasteiger partial charge in [0.15, 0.2) is 0 Å². The van der Waals surface area contributed by atoms with Crippen molar-refractivity contribution in [2.45, 2.75) is 0 Å². The SMILES string of the molecule is [2H][13C]([2H])([2H])N(CCO)CCO. The van der Waals surface area contributed by atoms with Crippen molar-refractivity contribution in [3.05, 3.63) is 0 Å². The van der Waals surface area contributed by atoms with Crippen LogP contribution in [0.2, 0.25) is 0 Å². The fourth-order valence-corrected chi connectivity index (χ4v) is 0.353. The molecule has 0 unspecified atom stereocenters. The molecule has 0 saturated heterocycles. The van der Waals surface area contributed by atoms with Crippen LogP contribution in [0.5, 0.6) is 0 Å². The number of rotatable bonds is 4. The Hall–Kier alpha value is -0.120. The summed E-state index contributed by atoms with van der Waals surface area (Å²) < 4.78 is 20.8. The number of aliphatic hydroxyl groups excluding tert-OH is 2. The van der Waals surface area contributed by atoms with Crippen LogP contribution in [0.15, 0.2) is 0 Å². The van der Waals surface area contributed by atoms with Gasteiger partial charge < -0.3 is 15.1 Å². The molecule has 0 radical (unpaired) electrons. The van der Waals surface area contributed by atoms with Crippen molar-refractivity contribution in [1.82, 2.24) is 4.90 Å². The summed E-state index contributed by atoms with van der Waals surface area (Å²) in [5, 5.41) is 16.9. The van der Waals surface area contributed by atoms with Crippen molar-refractivity contribution in [1.29, 1.82) is 0 Å². The van der Waals surface area contributed by atoms with E-state index in [2.05, 4.69) is 0 Å². The van der Waals surface area contributed by atoms with Gasteiger partial charge in [0.25, 0.3) is 0 Å². The molecular weight excluding hydrogens is 107 g/mol. The molecule has 0 heterocycles. The molecule has 3 nitrogen and oxygen atoms in total. The number of hydrogen-bond acceptors (Lipinski definition) is 3. The van der Waals surface area contributed by atoms with Crippen molar-refractivity contribution in [3.8, 4) is 0 Å². The summed E-state index contributed by atoms with van der Waals surface area (Å²) >= 11 is 0. The highest BCUT2D eigenvalue weighted by Crippen LogP contribution is 1.76. The second kappa shape index (κ2) is 5.03. The maximum absolute atomic E-state index is 8.45. The lowest BCUT2D eigenvalue weighted by Gasteiger charge is -2.11. The summed E-state index contributed by atoms with van der Waals surface area (Å²) in [5.74, 6) is 0. The number of aliphatic hydroxyl groups is 2. The van der Waals surface area contributed by atoms with Gasteiger partial charge in [0.1, 0.15) is 0 Å². The number of hydrogen-bond donors (Lipinski definition) is 2. The third kappa shape index (κ3) is 4.05. The molecule has 0 aliphatic heterocycles. The van der Waals surface area contributed by atoms with Crippen molar-refractivity contribution in [2.75, 3.05) is 33.3 Å². The summed E-state index contributed by atoms with van der Waals surface area (Å²) in [6.07, 6.45) is 0. The monoisotopic (exact) mass is 123 g/mol. The molecule has 0 aliphatic carbocycles. The van der Waals surface area contributed by atoms with Gasteiger partial charge in [-0.25, -0.2) is 0 Å². The maximum atomic E-state index is 8.45. The van der Waals surface area contributed by atoms with Gasteiger partial charge in [-0.3, -0.25) is 0 Å². The average Bonchev–Trinajstić information content (AvgIpc) is 1.85. The molecule has 0 aromatic rings. The van der Waals surface area contributed by atoms with E-state index in [1.165, 1.54) is 0 Å². The van der Waals surface area contributed by atoms with Crippen LogP contribution in [0.3, 0.4) is 0 Å². The minimum atomic E-state index is -2.22. The van der Waals surface area contributed by atoms with E-state index in [9.17, 15) is 0 Å². The Morgan fingerprint density at radius 1 is 1.38 bits per heavy atom. The summed E-state index contributed by atoms with van der Waals surface area (Å²) in [6, 6.07) is 0. The first-order valence-corrected chi connectivity index (χ1v) is 2.49. The highest BCUT2D eigenvalue weighted by Gasteiger charge is 1.91. The fourth-order valence-electron chi connectivity index (χ4n) is 0.353. The highest BCUT2D eigenvalue weighted by atomic mass is 16.3. The third-order valence-electron chi connectivity index (χ3n) is 0.740. The minimum Gasteiger partial charge on any atom is -0.395 e. The average molecular weight is 123 g/mol. The molecule has 0 aromatic carbocycles. The molecule has 2 N–H and O–H groups in total. The Balaban J connectivity index is 3.88. The van der Waals surface area contributed by atoms with E-state index in [0.717, 1.165) is 4.90 Å². The minimum absolute atomic E-state index is 0.0665. The summed E-state index contributed by atoms with van der Waals surface area (Å²) in [6.45, 7) is -2.50. The van der Waals surface area contributed by atoms with E-state index >= 15 is 0 Å². The topological polar surface area (TPSA) is 43.7 Å². The van der Waals surface area contributed by atoms with Gasteiger partial charge in [0.2, 0.25) is 0 Å². The van der Waals surface area contributed by atoms with Crippen LogP contribution in [0.1, 0.15) is 4.11 Å². The van der Waals surface area contributed by atoms with Crippen LogP contribution in [0.4, 0.5) is 0 Å². The third-order valence-corrected chi connectivity index (χ3v) is 0.740. The molecule has 0 aromatic heterocycles. The van der Waals surface area contributed by atoms with Crippen molar-refractivity contribution in [3.63, 3.8) is 0 Å². The first-order chi connectivity index (χ1) is 5.02. The van der Waals surface area contributed by atoms with E-state index < -0.39 is 6.98 Å². The molecule has 0 spiro atoms. The summed E-state index contributed by atoms with van der Waals surface area (Å²) in [5.41, 5.74) is 0. The first-order valence-electron chi connectivity index (χ1n) is 3.99. The zero-order valence-electron chi connectivity index (χ0n) is 7.67. The number of nitrogens with zero attached hydrogens (tertiary/aromatic N) is 1. The van der Waals surface area contributed by atoms with Gasteiger partial charge in [-0.2, -0.15) is 0 Å². The van der Waals surface area contributed by atoms with E-state index in [1.54, 1.807) is 0 Å². The molecular formula is C5H13NO2. The summed E-state index contributed by atoms with van der Waals surface area (Å²) in [4.78, 5) is 1.05. The molecule has 50 valence electrons. The van der Waals surface area contributed by atoms with Crippen molar-refractivity contribution < 1.29 is 14.3 Å². The molecule has 0 aliphatic rings. The maximum Gasteiger partial charge on any atom is 0.0558 e. The van der Waals surface area contributed by atoms with Gasteiger partial charge in [0.05, 0.1) is 13.2 Å². The molecule has 0 saturated carbocycles. The second-order valence-corrected chi connectivity index (χ2v) is 1.43. The van der Waals surface area contributed by atoms with Crippen molar-refractivity contribution >= 4 is 0 Å². The Labute approximate surface area is 53.8 Å². The van der Waals surface area contributed by atoms with Gasteiger partial charge in [0, 0.05) is 17.2 Å². The lowest BCUT2D eigenvalue weighted by molar-refractivity contribution is 0.184. The van der Waals surface area contributed by atoms with Crippen LogP contribution in [0, 0.1) is 0 Å². The lowest BCUT2D eigenvalue weighted by Crippen LogP contribution is -2.25. The van der Waals surface area contributed by atoms with Crippen LogP contribution in [-0.4, -0.2) is 48.4 Å². The largest absolute Gasteiger partial charge is 0.395 e. The predicted molar refractivity (Wildman–Crippen MR) is 31.7 cm³/mol. The van der Waals surface area contributed by atoms with Crippen molar-refractivity contribution in [2.24, 2.45) is 0 Å². The van der Waals surface area contributed by atoms with Gasteiger partial charge in [-0.1, -0.05) is 0 Å². The Kier molecular flexibility index (Phi) is 2.40. The Morgan fingerprint density at radius 2 is 1.88 bits per heavy atom. The smallest absolute Gasteiger partial charge is 0.0558 e.